The number of carbonyl (C=O) groups excluding carboxylic acids is 1. The predicted molar refractivity (Wildman–Crippen MR) is 94.0 cm³/mol. The summed E-state index contributed by atoms with van der Waals surface area (Å²) in [4.78, 5) is 28.4. The summed E-state index contributed by atoms with van der Waals surface area (Å²) in [5.41, 5.74) is 12.6. The summed E-state index contributed by atoms with van der Waals surface area (Å²) in [5, 5.41) is 3.02. The molecule has 0 saturated heterocycles. The summed E-state index contributed by atoms with van der Waals surface area (Å²) < 4.78 is 0. The van der Waals surface area contributed by atoms with Gasteiger partial charge in [-0.3, -0.25) is 20.6 Å². The van der Waals surface area contributed by atoms with Crippen molar-refractivity contribution in [1.82, 2.24) is 25.4 Å². The minimum absolute atomic E-state index is 0.243. The van der Waals surface area contributed by atoms with Gasteiger partial charge in [0.2, 0.25) is 0 Å². The van der Waals surface area contributed by atoms with Gasteiger partial charge in [-0.2, -0.15) is 0 Å². The van der Waals surface area contributed by atoms with E-state index in [0.29, 0.717) is 11.6 Å². The average molecular weight is 336 g/mol. The smallest absolute Gasteiger partial charge is 0.288 e. The number of carbonyl (C=O) groups is 1. The van der Waals surface area contributed by atoms with Crippen LogP contribution in [0.4, 0.5) is 23.1 Å². The van der Waals surface area contributed by atoms with Gasteiger partial charge in [0.15, 0.2) is 11.6 Å². The zero-order valence-electron chi connectivity index (χ0n) is 13.4. The maximum absolute atomic E-state index is 12.0. The molecule has 0 aliphatic carbocycles. The number of nitrogen functional groups attached to an aromatic ring is 1. The lowest BCUT2D eigenvalue weighted by Gasteiger charge is -2.12. The van der Waals surface area contributed by atoms with Gasteiger partial charge in [0.25, 0.3) is 5.91 Å². The Kier molecular flexibility index (Phi) is 4.65. The van der Waals surface area contributed by atoms with Crippen molar-refractivity contribution in [3.8, 4) is 0 Å². The van der Waals surface area contributed by atoms with Crippen LogP contribution in [0.3, 0.4) is 0 Å². The number of hydrogen-bond acceptors (Lipinski definition) is 8. The molecule has 0 aromatic carbocycles. The summed E-state index contributed by atoms with van der Waals surface area (Å²) >= 11 is 0. The van der Waals surface area contributed by atoms with E-state index in [9.17, 15) is 4.79 Å². The monoisotopic (exact) mass is 336 g/mol. The highest BCUT2D eigenvalue weighted by Crippen LogP contribution is 2.24. The van der Waals surface area contributed by atoms with Crippen molar-refractivity contribution in [2.75, 3.05) is 16.5 Å². The van der Waals surface area contributed by atoms with Crippen LogP contribution in [0.5, 0.6) is 0 Å². The quantitative estimate of drug-likeness (QED) is 0.517. The van der Waals surface area contributed by atoms with Crippen LogP contribution >= 0.6 is 0 Å². The van der Waals surface area contributed by atoms with Crippen LogP contribution in [0.15, 0.2) is 48.9 Å². The number of amides is 1. The molecule has 25 heavy (non-hydrogen) atoms. The first-order valence-corrected chi connectivity index (χ1v) is 7.42. The zero-order chi connectivity index (χ0) is 17.6. The molecule has 5 N–H and O–H groups in total. The molecule has 0 atom stereocenters. The maximum atomic E-state index is 12.0. The molecular weight excluding hydrogens is 320 g/mol. The highest BCUT2D eigenvalue weighted by atomic mass is 16.2. The molecular formula is C16H16N8O. The lowest BCUT2D eigenvalue weighted by molar-refractivity contribution is 0.0957. The Hall–Kier alpha value is -3.75. The number of aryl methyl sites for hydroxylation is 1. The van der Waals surface area contributed by atoms with E-state index in [1.807, 2.05) is 19.1 Å². The van der Waals surface area contributed by atoms with Gasteiger partial charge in [-0.05, 0) is 31.2 Å². The second-order valence-corrected chi connectivity index (χ2v) is 5.07. The van der Waals surface area contributed by atoms with Crippen molar-refractivity contribution in [1.29, 1.82) is 0 Å². The highest BCUT2D eigenvalue weighted by molar-refractivity contribution is 5.93. The number of nitrogens with one attached hydrogen (secondary N) is 3. The van der Waals surface area contributed by atoms with Gasteiger partial charge in [0, 0.05) is 11.9 Å². The van der Waals surface area contributed by atoms with Gasteiger partial charge in [-0.15, -0.1) is 0 Å². The summed E-state index contributed by atoms with van der Waals surface area (Å²) in [6.45, 7) is 1.88. The normalized spacial score (nSPS) is 10.1. The molecule has 0 aliphatic rings. The van der Waals surface area contributed by atoms with Crippen molar-refractivity contribution in [2.45, 2.75) is 6.92 Å². The number of rotatable bonds is 5. The Labute approximate surface area is 143 Å². The second kappa shape index (κ2) is 7.21. The minimum Gasteiger partial charge on any atom is -0.393 e. The Morgan fingerprint density at radius 3 is 2.64 bits per heavy atom. The second-order valence-electron chi connectivity index (χ2n) is 5.07. The molecule has 3 aromatic rings. The van der Waals surface area contributed by atoms with Gasteiger partial charge < -0.3 is 11.1 Å². The molecule has 0 unspecified atom stereocenters. The van der Waals surface area contributed by atoms with Crippen LogP contribution in [-0.2, 0) is 0 Å². The Balaban J connectivity index is 1.72. The Morgan fingerprint density at radius 1 is 1.04 bits per heavy atom. The van der Waals surface area contributed by atoms with Crippen LogP contribution in [-0.4, -0.2) is 25.8 Å². The molecule has 1 amide bonds. The molecule has 0 aliphatic heterocycles. The number of anilines is 4. The van der Waals surface area contributed by atoms with Crippen LogP contribution in [0.25, 0.3) is 0 Å². The number of hydrogen-bond donors (Lipinski definition) is 4. The third-order valence-electron chi connectivity index (χ3n) is 3.21. The topological polar surface area (TPSA) is 131 Å². The maximum Gasteiger partial charge on any atom is 0.288 e. The van der Waals surface area contributed by atoms with Crippen molar-refractivity contribution < 1.29 is 4.79 Å². The Bertz CT molecular complexity index is 884. The van der Waals surface area contributed by atoms with Gasteiger partial charge in [-0.1, -0.05) is 12.1 Å². The summed E-state index contributed by atoms with van der Waals surface area (Å²) in [5.74, 6) is 0.833. The lowest BCUT2D eigenvalue weighted by atomic mass is 10.3. The fourth-order valence-electron chi connectivity index (χ4n) is 2.01. The molecule has 0 bridgehead atoms. The first-order valence-electron chi connectivity index (χ1n) is 7.42. The van der Waals surface area contributed by atoms with Crippen molar-refractivity contribution in [3.63, 3.8) is 0 Å². The van der Waals surface area contributed by atoms with E-state index in [2.05, 4.69) is 36.1 Å². The first-order chi connectivity index (χ1) is 12.1. The first kappa shape index (κ1) is 16.1. The molecule has 0 spiro atoms. The van der Waals surface area contributed by atoms with Crippen LogP contribution in [0.2, 0.25) is 0 Å². The number of nitrogens with two attached hydrogens (primary N) is 1. The molecule has 3 aromatic heterocycles. The zero-order valence-corrected chi connectivity index (χ0v) is 13.4. The van der Waals surface area contributed by atoms with Gasteiger partial charge in [0.05, 0.1) is 0 Å². The molecule has 3 heterocycles. The standard InChI is InChI=1S/C16H16N8O/c1-10-5-4-7-12(21-10)22-14-13(17)15(20-9-19-14)23-24-16(25)11-6-2-3-8-18-11/h2-9H,17H2,1H3,(H,24,25)(H2,19,20,21,22,23). The van der Waals surface area contributed by atoms with Gasteiger partial charge >= 0.3 is 0 Å². The summed E-state index contributed by atoms with van der Waals surface area (Å²) in [6, 6.07) is 10.6. The summed E-state index contributed by atoms with van der Waals surface area (Å²) in [7, 11) is 0. The van der Waals surface area contributed by atoms with E-state index in [0.717, 1.165) is 5.69 Å². The third kappa shape index (κ3) is 3.96. The van der Waals surface area contributed by atoms with Crippen LogP contribution in [0.1, 0.15) is 16.2 Å². The fraction of sp³-hybridized carbons (Fsp3) is 0.0625. The molecule has 126 valence electrons. The van der Waals surface area contributed by atoms with E-state index in [4.69, 9.17) is 5.73 Å². The van der Waals surface area contributed by atoms with E-state index >= 15 is 0 Å². The SMILES string of the molecule is Cc1cccc(Nc2ncnc(NNC(=O)c3ccccn3)c2N)n1. The molecule has 0 radical (unpaired) electrons. The number of hydrazine groups is 1. The van der Waals surface area contributed by atoms with Gasteiger partial charge in [0.1, 0.15) is 23.5 Å². The highest BCUT2D eigenvalue weighted by Gasteiger charge is 2.11. The van der Waals surface area contributed by atoms with Crippen LogP contribution in [0, 0.1) is 6.92 Å². The average Bonchev–Trinajstić information content (AvgIpc) is 2.63. The van der Waals surface area contributed by atoms with Crippen molar-refractivity contribution in [3.05, 3.63) is 60.3 Å². The molecule has 0 saturated carbocycles. The molecule has 3 rings (SSSR count). The van der Waals surface area contributed by atoms with E-state index in [1.165, 1.54) is 12.5 Å². The molecule has 0 fully saturated rings. The number of nitrogens with zero attached hydrogens (tertiary/aromatic N) is 4. The van der Waals surface area contributed by atoms with E-state index < -0.39 is 5.91 Å². The van der Waals surface area contributed by atoms with Gasteiger partial charge in [-0.25, -0.2) is 15.0 Å². The fourth-order valence-corrected chi connectivity index (χ4v) is 2.01. The number of pyridine rings is 2. The van der Waals surface area contributed by atoms with Crippen molar-refractivity contribution in [2.24, 2.45) is 0 Å². The number of aromatic nitrogens is 4. The van der Waals surface area contributed by atoms with E-state index in [1.54, 1.807) is 24.3 Å². The van der Waals surface area contributed by atoms with E-state index in [-0.39, 0.29) is 17.2 Å². The lowest BCUT2D eigenvalue weighted by Crippen LogP contribution is -2.31. The Morgan fingerprint density at radius 2 is 1.88 bits per heavy atom. The molecule has 9 nitrogen and oxygen atoms in total. The largest absolute Gasteiger partial charge is 0.393 e. The van der Waals surface area contributed by atoms with Crippen LogP contribution < -0.4 is 21.9 Å². The molecule has 9 heteroatoms. The third-order valence-corrected chi connectivity index (χ3v) is 3.21. The minimum atomic E-state index is -0.409. The summed E-state index contributed by atoms with van der Waals surface area (Å²) in [6.07, 6.45) is 2.86. The van der Waals surface area contributed by atoms with Crippen molar-refractivity contribution >= 4 is 29.0 Å². The predicted octanol–water partition coefficient (Wildman–Crippen LogP) is 1.66.